The first-order valence-corrected chi connectivity index (χ1v) is 9.99. The molecule has 4 aromatic rings. The third-order valence-electron chi connectivity index (χ3n) is 4.53. The van der Waals surface area contributed by atoms with Crippen molar-refractivity contribution < 1.29 is 9.32 Å². The second kappa shape index (κ2) is 9.37. The molecule has 1 amide bonds. The molecule has 2 heterocycles. The Morgan fingerprint density at radius 3 is 2.67 bits per heavy atom. The normalized spacial score (nSPS) is 10.8. The number of aryl methyl sites for hydroxylation is 1. The van der Waals surface area contributed by atoms with Crippen LogP contribution in [0, 0.1) is 0 Å². The molecule has 0 spiro atoms. The van der Waals surface area contributed by atoms with E-state index in [0.29, 0.717) is 36.1 Å². The number of carbonyl (C=O) groups is 1. The Kier molecular flexibility index (Phi) is 6.20. The molecule has 0 aliphatic heterocycles. The van der Waals surface area contributed by atoms with E-state index in [4.69, 9.17) is 16.1 Å². The van der Waals surface area contributed by atoms with Crippen LogP contribution < -0.4 is 5.32 Å². The summed E-state index contributed by atoms with van der Waals surface area (Å²) in [7, 11) is 0. The van der Waals surface area contributed by atoms with Crippen LogP contribution in [0.2, 0.25) is 5.02 Å². The minimum absolute atomic E-state index is 0.0586. The lowest BCUT2D eigenvalue weighted by Gasteiger charge is -2.03. The number of halogens is 1. The number of carbonyl (C=O) groups excluding carboxylic acids is 1. The first-order chi connectivity index (χ1) is 14.7. The Bertz CT molecular complexity index is 1110. The highest BCUT2D eigenvalue weighted by Crippen LogP contribution is 2.19. The molecule has 0 unspecified atom stereocenters. The topological polar surface area (TPSA) is 85.8 Å². The van der Waals surface area contributed by atoms with Crippen LogP contribution in [0.3, 0.4) is 0 Å². The van der Waals surface area contributed by atoms with Crippen molar-refractivity contribution in [2.45, 2.75) is 19.3 Å². The smallest absolute Gasteiger partial charge is 0.227 e. The van der Waals surface area contributed by atoms with Crippen molar-refractivity contribution in [2.24, 2.45) is 0 Å². The van der Waals surface area contributed by atoms with Crippen molar-refractivity contribution >= 4 is 17.5 Å². The zero-order chi connectivity index (χ0) is 20.8. The molecule has 152 valence electrons. The van der Waals surface area contributed by atoms with Crippen molar-refractivity contribution in [3.8, 4) is 17.1 Å². The van der Waals surface area contributed by atoms with Gasteiger partial charge in [0, 0.05) is 36.2 Å². The maximum absolute atomic E-state index is 12.1. The summed E-state index contributed by atoms with van der Waals surface area (Å²) in [5.74, 6) is 0.855. The van der Waals surface area contributed by atoms with E-state index in [0.717, 1.165) is 16.8 Å². The number of rotatable bonds is 8. The first kappa shape index (κ1) is 19.8. The number of amides is 1. The Balaban J connectivity index is 1.21. The van der Waals surface area contributed by atoms with Crippen LogP contribution in [0.15, 0.2) is 71.5 Å². The van der Waals surface area contributed by atoms with Gasteiger partial charge < -0.3 is 9.84 Å². The fraction of sp³-hybridized carbons (Fsp3) is 0.182. The number of hydrogen-bond donors (Lipinski definition) is 1. The van der Waals surface area contributed by atoms with Crippen molar-refractivity contribution in [2.75, 3.05) is 6.54 Å². The van der Waals surface area contributed by atoms with E-state index >= 15 is 0 Å². The van der Waals surface area contributed by atoms with E-state index in [1.54, 1.807) is 12.1 Å². The van der Waals surface area contributed by atoms with Crippen molar-refractivity contribution in [1.29, 1.82) is 0 Å². The Morgan fingerprint density at radius 2 is 1.87 bits per heavy atom. The fourth-order valence-corrected chi connectivity index (χ4v) is 3.06. The lowest BCUT2D eigenvalue weighted by atomic mass is 10.2. The van der Waals surface area contributed by atoms with Gasteiger partial charge in [-0.05, 0) is 48.4 Å². The molecule has 0 atom stereocenters. The van der Waals surface area contributed by atoms with Crippen LogP contribution in [0.25, 0.3) is 17.1 Å². The lowest BCUT2D eigenvalue weighted by molar-refractivity contribution is -0.121. The molecule has 0 aliphatic carbocycles. The number of nitrogens with zero attached hydrogens (tertiary/aromatic N) is 4. The zero-order valence-corrected chi connectivity index (χ0v) is 16.9. The summed E-state index contributed by atoms with van der Waals surface area (Å²) in [6, 6.07) is 17.1. The predicted molar refractivity (Wildman–Crippen MR) is 113 cm³/mol. The monoisotopic (exact) mass is 421 g/mol. The van der Waals surface area contributed by atoms with E-state index in [1.807, 2.05) is 59.5 Å². The first-order valence-electron chi connectivity index (χ1n) is 9.61. The third-order valence-corrected chi connectivity index (χ3v) is 4.78. The van der Waals surface area contributed by atoms with E-state index in [9.17, 15) is 4.79 Å². The van der Waals surface area contributed by atoms with Crippen LogP contribution in [0.4, 0.5) is 0 Å². The average Bonchev–Trinajstić information content (AvgIpc) is 3.43. The van der Waals surface area contributed by atoms with Crippen LogP contribution in [0.1, 0.15) is 17.9 Å². The van der Waals surface area contributed by atoms with E-state index < -0.39 is 0 Å². The molecular weight excluding hydrogens is 402 g/mol. The number of benzene rings is 2. The van der Waals surface area contributed by atoms with Gasteiger partial charge in [0.05, 0.1) is 11.9 Å². The van der Waals surface area contributed by atoms with Crippen molar-refractivity contribution in [3.05, 3.63) is 83.5 Å². The summed E-state index contributed by atoms with van der Waals surface area (Å²) in [6.45, 7) is 0.541. The second-order valence-electron chi connectivity index (χ2n) is 6.75. The molecule has 30 heavy (non-hydrogen) atoms. The summed E-state index contributed by atoms with van der Waals surface area (Å²) >= 11 is 5.89. The lowest BCUT2D eigenvalue weighted by Crippen LogP contribution is -2.25. The quantitative estimate of drug-likeness (QED) is 0.466. The number of para-hydroxylation sites is 1. The predicted octanol–water partition coefficient (Wildman–Crippen LogP) is 3.87. The third kappa shape index (κ3) is 5.12. The molecule has 0 saturated heterocycles. The molecule has 7 nitrogen and oxygen atoms in total. The van der Waals surface area contributed by atoms with Gasteiger partial charge in [0.25, 0.3) is 0 Å². The second-order valence-corrected chi connectivity index (χ2v) is 7.18. The van der Waals surface area contributed by atoms with Crippen LogP contribution >= 0.6 is 11.6 Å². The maximum atomic E-state index is 12.1. The molecular formula is C22H20ClN5O2. The van der Waals surface area contributed by atoms with Crippen LogP contribution in [-0.4, -0.2) is 32.4 Å². The summed E-state index contributed by atoms with van der Waals surface area (Å²) in [6.07, 6.45) is 5.16. The minimum atomic E-state index is -0.0586. The Labute approximate surface area is 178 Å². The van der Waals surface area contributed by atoms with Gasteiger partial charge in [-0.15, -0.1) is 0 Å². The van der Waals surface area contributed by atoms with Gasteiger partial charge in [-0.25, -0.2) is 4.68 Å². The number of nitrogens with one attached hydrogen (secondary N) is 1. The molecule has 4 rings (SSSR count). The standard InChI is InChI=1S/C22H20ClN5O2/c23-18-8-6-17(7-9-18)22-26-21(30-27-22)11-10-20(29)24-13-12-16-14-25-28(15-16)19-4-2-1-3-5-19/h1-9,14-15H,10-13H2,(H,24,29). The molecule has 0 aliphatic rings. The highest BCUT2D eigenvalue weighted by Gasteiger charge is 2.11. The van der Waals surface area contributed by atoms with Gasteiger partial charge in [-0.2, -0.15) is 10.1 Å². The van der Waals surface area contributed by atoms with Crippen LogP contribution in [0.5, 0.6) is 0 Å². The number of aromatic nitrogens is 4. The molecule has 8 heteroatoms. The largest absolute Gasteiger partial charge is 0.356 e. The molecule has 2 aromatic heterocycles. The Hall–Kier alpha value is -3.45. The van der Waals surface area contributed by atoms with Gasteiger partial charge in [0.2, 0.25) is 17.6 Å². The highest BCUT2D eigenvalue weighted by atomic mass is 35.5. The SMILES string of the molecule is O=C(CCc1nc(-c2ccc(Cl)cc2)no1)NCCc1cnn(-c2ccccc2)c1. The molecule has 0 bridgehead atoms. The summed E-state index contributed by atoms with van der Waals surface area (Å²) in [5.41, 5.74) is 2.88. The summed E-state index contributed by atoms with van der Waals surface area (Å²) in [4.78, 5) is 16.4. The highest BCUT2D eigenvalue weighted by molar-refractivity contribution is 6.30. The fourth-order valence-electron chi connectivity index (χ4n) is 2.94. The summed E-state index contributed by atoms with van der Waals surface area (Å²) < 4.78 is 7.06. The molecule has 0 radical (unpaired) electrons. The molecule has 1 N–H and O–H groups in total. The van der Waals surface area contributed by atoms with Crippen molar-refractivity contribution in [3.63, 3.8) is 0 Å². The molecule has 0 fully saturated rings. The van der Waals surface area contributed by atoms with Gasteiger partial charge in [0.15, 0.2) is 0 Å². The minimum Gasteiger partial charge on any atom is -0.356 e. The average molecular weight is 422 g/mol. The van der Waals surface area contributed by atoms with E-state index in [2.05, 4.69) is 20.6 Å². The van der Waals surface area contributed by atoms with Gasteiger partial charge >= 0.3 is 0 Å². The van der Waals surface area contributed by atoms with Crippen LogP contribution in [-0.2, 0) is 17.6 Å². The maximum Gasteiger partial charge on any atom is 0.227 e. The van der Waals surface area contributed by atoms with Gasteiger partial charge in [0.1, 0.15) is 0 Å². The molecule has 0 saturated carbocycles. The molecule has 2 aromatic carbocycles. The van der Waals surface area contributed by atoms with Gasteiger partial charge in [-0.3, -0.25) is 4.79 Å². The zero-order valence-electron chi connectivity index (χ0n) is 16.2. The Morgan fingerprint density at radius 1 is 1.07 bits per heavy atom. The summed E-state index contributed by atoms with van der Waals surface area (Å²) in [5, 5.41) is 11.9. The van der Waals surface area contributed by atoms with E-state index in [1.165, 1.54) is 0 Å². The van der Waals surface area contributed by atoms with E-state index in [-0.39, 0.29) is 12.3 Å². The van der Waals surface area contributed by atoms with Crippen molar-refractivity contribution in [1.82, 2.24) is 25.2 Å². The van der Waals surface area contributed by atoms with Gasteiger partial charge in [-0.1, -0.05) is 35.0 Å². The number of hydrogen-bond acceptors (Lipinski definition) is 5.